The molecule has 2 unspecified atom stereocenters. The third-order valence-electron chi connectivity index (χ3n) is 3.80. The lowest BCUT2D eigenvalue weighted by atomic mass is 9.97. The molecule has 1 heterocycles. The second-order valence-electron chi connectivity index (χ2n) is 5.20. The molecule has 5 heteroatoms. The van der Waals surface area contributed by atoms with Crippen LogP contribution in [0.5, 0.6) is 0 Å². The highest BCUT2D eigenvalue weighted by molar-refractivity contribution is 7.12. The van der Waals surface area contributed by atoms with Gasteiger partial charge in [0.15, 0.2) is 0 Å². The summed E-state index contributed by atoms with van der Waals surface area (Å²) in [6.45, 7) is 2.03. The first-order valence-electron chi connectivity index (χ1n) is 6.80. The molecular weight excluding hydrogens is 262 g/mol. The average Bonchev–Trinajstić information content (AvgIpc) is 2.98. The van der Waals surface area contributed by atoms with Crippen molar-refractivity contribution in [2.24, 2.45) is 11.8 Å². The summed E-state index contributed by atoms with van der Waals surface area (Å²) < 4.78 is 0. The number of carboxylic acids is 1. The van der Waals surface area contributed by atoms with Gasteiger partial charge in [0.1, 0.15) is 0 Å². The van der Waals surface area contributed by atoms with E-state index < -0.39 is 5.97 Å². The number of aliphatic hydroxyl groups is 1. The lowest BCUT2D eigenvalue weighted by Crippen LogP contribution is -2.26. The molecule has 1 fully saturated rings. The Hall–Kier alpha value is -0.910. The van der Waals surface area contributed by atoms with Crippen LogP contribution in [0.15, 0.2) is 12.1 Å². The van der Waals surface area contributed by atoms with E-state index in [1.807, 2.05) is 12.1 Å². The number of carboxylic acid groups (broad SMARTS) is 1. The molecule has 106 valence electrons. The molecule has 0 radical (unpaired) electrons. The highest BCUT2D eigenvalue weighted by atomic mass is 32.1. The fraction of sp³-hybridized carbons (Fsp3) is 0.643. The molecule has 1 aliphatic carbocycles. The van der Waals surface area contributed by atoms with Crippen LogP contribution in [0.2, 0.25) is 0 Å². The molecule has 4 nitrogen and oxygen atoms in total. The molecule has 0 spiro atoms. The van der Waals surface area contributed by atoms with Gasteiger partial charge < -0.3 is 15.5 Å². The van der Waals surface area contributed by atoms with E-state index in [0.717, 1.165) is 24.4 Å². The van der Waals surface area contributed by atoms with Crippen LogP contribution < -0.4 is 5.32 Å². The van der Waals surface area contributed by atoms with Gasteiger partial charge in [0.2, 0.25) is 0 Å². The van der Waals surface area contributed by atoms with Crippen LogP contribution >= 0.6 is 11.3 Å². The molecule has 0 aliphatic heterocycles. The molecule has 19 heavy (non-hydrogen) atoms. The summed E-state index contributed by atoms with van der Waals surface area (Å²) in [7, 11) is 0. The van der Waals surface area contributed by atoms with Crippen molar-refractivity contribution in [3.63, 3.8) is 0 Å². The van der Waals surface area contributed by atoms with Crippen LogP contribution in [-0.4, -0.2) is 29.3 Å². The Morgan fingerprint density at radius 2 is 2.05 bits per heavy atom. The standard InChI is InChI=1S/C14H21NO3S/c16-9-11-3-1-2-10(11)7-15-8-13-5-4-12(19-13)6-14(17)18/h4-5,10-11,15-16H,1-3,6-9H2,(H,17,18). The maximum Gasteiger partial charge on any atom is 0.308 e. The Bertz CT molecular complexity index is 419. The minimum absolute atomic E-state index is 0.111. The van der Waals surface area contributed by atoms with Gasteiger partial charge in [-0.25, -0.2) is 0 Å². The smallest absolute Gasteiger partial charge is 0.308 e. The Morgan fingerprint density at radius 3 is 2.79 bits per heavy atom. The summed E-state index contributed by atoms with van der Waals surface area (Å²) in [5.41, 5.74) is 0. The Balaban J connectivity index is 1.73. The highest BCUT2D eigenvalue weighted by Gasteiger charge is 2.25. The zero-order chi connectivity index (χ0) is 13.7. The van der Waals surface area contributed by atoms with Crippen molar-refractivity contribution in [3.8, 4) is 0 Å². The highest BCUT2D eigenvalue weighted by Crippen LogP contribution is 2.30. The van der Waals surface area contributed by atoms with E-state index in [9.17, 15) is 9.90 Å². The average molecular weight is 283 g/mol. The molecule has 1 aliphatic rings. The van der Waals surface area contributed by atoms with Crippen molar-refractivity contribution >= 4 is 17.3 Å². The van der Waals surface area contributed by atoms with Crippen molar-refractivity contribution in [1.82, 2.24) is 5.32 Å². The zero-order valence-electron chi connectivity index (χ0n) is 11.0. The molecule has 1 aromatic rings. The predicted molar refractivity (Wildman–Crippen MR) is 75.3 cm³/mol. The second kappa shape index (κ2) is 7.03. The van der Waals surface area contributed by atoms with E-state index >= 15 is 0 Å². The van der Waals surface area contributed by atoms with Gasteiger partial charge in [0.05, 0.1) is 6.42 Å². The van der Waals surface area contributed by atoms with E-state index in [4.69, 9.17) is 5.11 Å². The zero-order valence-corrected chi connectivity index (χ0v) is 11.8. The van der Waals surface area contributed by atoms with Crippen LogP contribution in [0.25, 0.3) is 0 Å². The quantitative estimate of drug-likeness (QED) is 0.714. The third kappa shape index (κ3) is 4.30. The van der Waals surface area contributed by atoms with Gasteiger partial charge in [0.25, 0.3) is 0 Å². The third-order valence-corrected chi connectivity index (χ3v) is 4.88. The van der Waals surface area contributed by atoms with E-state index in [1.165, 1.54) is 17.7 Å². The lowest BCUT2D eigenvalue weighted by Gasteiger charge is -2.17. The molecule has 2 atom stereocenters. The monoisotopic (exact) mass is 283 g/mol. The van der Waals surface area contributed by atoms with Gasteiger partial charge in [-0.15, -0.1) is 11.3 Å². The van der Waals surface area contributed by atoms with Crippen LogP contribution in [0, 0.1) is 11.8 Å². The summed E-state index contributed by atoms with van der Waals surface area (Å²) in [5.74, 6) is 0.264. The van der Waals surface area contributed by atoms with Crippen LogP contribution in [0.4, 0.5) is 0 Å². The van der Waals surface area contributed by atoms with Gasteiger partial charge >= 0.3 is 5.97 Å². The molecule has 1 saturated carbocycles. The number of hydrogen-bond donors (Lipinski definition) is 3. The van der Waals surface area contributed by atoms with E-state index in [0.29, 0.717) is 18.4 Å². The van der Waals surface area contributed by atoms with E-state index in [1.54, 1.807) is 11.3 Å². The first-order valence-corrected chi connectivity index (χ1v) is 7.61. The molecular formula is C14H21NO3S. The summed E-state index contributed by atoms with van der Waals surface area (Å²) >= 11 is 1.56. The topological polar surface area (TPSA) is 69.6 Å². The summed E-state index contributed by atoms with van der Waals surface area (Å²) in [6.07, 6.45) is 3.68. The van der Waals surface area contributed by atoms with Gasteiger partial charge in [-0.3, -0.25) is 4.79 Å². The first kappa shape index (κ1) is 14.5. The lowest BCUT2D eigenvalue weighted by molar-refractivity contribution is -0.136. The van der Waals surface area contributed by atoms with E-state index in [2.05, 4.69) is 5.32 Å². The Labute approximate surface area is 117 Å². The number of hydrogen-bond acceptors (Lipinski definition) is 4. The fourth-order valence-corrected chi connectivity index (χ4v) is 3.74. The van der Waals surface area contributed by atoms with Crippen LogP contribution in [-0.2, 0) is 17.8 Å². The summed E-state index contributed by atoms with van der Waals surface area (Å²) in [5, 5.41) is 21.4. The number of aliphatic hydroxyl groups excluding tert-OH is 1. The number of rotatable bonds is 7. The maximum atomic E-state index is 10.6. The summed E-state index contributed by atoms with van der Waals surface area (Å²) in [4.78, 5) is 12.7. The van der Waals surface area contributed by atoms with E-state index in [-0.39, 0.29) is 6.42 Å². The number of thiophene rings is 1. The predicted octanol–water partition coefficient (Wildman–Crippen LogP) is 1.87. The number of carbonyl (C=O) groups is 1. The second-order valence-corrected chi connectivity index (χ2v) is 6.46. The van der Waals surface area contributed by atoms with Gasteiger partial charge in [-0.05, 0) is 43.4 Å². The van der Waals surface area contributed by atoms with Gasteiger partial charge in [-0.1, -0.05) is 6.42 Å². The van der Waals surface area contributed by atoms with Crippen molar-refractivity contribution in [2.75, 3.05) is 13.2 Å². The summed E-state index contributed by atoms with van der Waals surface area (Å²) in [6, 6.07) is 3.88. The van der Waals surface area contributed by atoms with Crippen molar-refractivity contribution < 1.29 is 15.0 Å². The molecule has 1 aromatic heterocycles. The van der Waals surface area contributed by atoms with Gasteiger partial charge in [0, 0.05) is 22.9 Å². The molecule has 0 bridgehead atoms. The number of nitrogens with one attached hydrogen (secondary N) is 1. The molecule has 2 rings (SSSR count). The Kier molecular flexibility index (Phi) is 5.36. The Morgan fingerprint density at radius 1 is 1.32 bits per heavy atom. The SMILES string of the molecule is O=C(O)Cc1ccc(CNCC2CCCC2CO)s1. The maximum absolute atomic E-state index is 10.6. The molecule has 0 aromatic carbocycles. The van der Waals surface area contributed by atoms with Crippen LogP contribution in [0.1, 0.15) is 29.0 Å². The van der Waals surface area contributed by atoms with Crippen molar-refractivity contribution in [2.45, 2.75) is 32.2 Å². The molecule has 3 N–H and O–H groups in total. The normalized spacial score (nSPS) is 22.8. The molecule has 0 amide bonds. The van der Waals surface area contributed by atoms with Gasteiger partial charge in [-0.2, -0.15) is 0 Å². The minimum Gasteiger partial charge on any atom is -0.481 e. The largest absolute Gasteiger partial charge is 0.481 e. The van der Waals surface area contributed by atoms with Crippen LogP contribution in [0.3, 0.4) is 0 Å². The minimum atomic E-state index is -0.780. The fourth-order valence-electron chi connectivity index (χ4n) is 2.76. The van der Waals surface area contributed by atoms with Crippen molar-refractivity contribution in [1.29, 1.82) is 0 Å². The molecule has 0 saturated heterocycles. The number of aliphatic carboxylic acids is 1. The first-order chi connectivity index (χ1) is 9.19. The van der Waals surface area contributed by atoms with Crippen molar-refractivity contribution in [3.05, 3.63) is 21.9 Å².